The SMILES string of the molecule is CC(=O)N[C@H]1CCN(CC(F)(F)F)C1=O. The molecule has 1 saturated heterocycles. The van der Waals surface area contributed by atoms with Crippen molar-refractivity contribution in [2.75, 3.05) is 13.1 Å². The Morgan fingerprint density at radius 1 is 1.60 bits per heavy atom. The van der Waals surface area contributed by atoms with Crippen LogP contribution in [0.5, 0.6) is 0 Å². The molecule has 1 N–H and O–H groups in total. The first-order valence-corrected chi connectivity index (χ1v) is 4.42. The molecule has 1 aliphatic heterocycles. The fourth-order valence-corrected chi connectivity index (χ4v) is 1.49. The molecule has 7 heteroatoms. The number of carbonyl (C=O) groups is 2. The maximum absolute atomic E-state index is 12.0. The Morgan fingerprint density at radius 2 is 2.20 bits per heavy atom. The molecule has 0 bridgehead atoms. The average Bonchev–Trinajstić information content (AvgIpc) is 2.32. The molecule has 0 radical (unpaired) electrons. The van der Waals surface area contributed by atoms with Gasteiger partial charge in [0.05, 0.1) is 0 Å². The van der Waals surface area contributed by atoms with E-state index in [1.807, 2.05) is 0 Å². The number of alkyl halides is 3. The third-order valence-electron chi connectivity index (χ3n) is 2.05. The van der Waals surface area contributed by atoms with E-state index in [0.29, 0.717) is 4.90 Å². The van der Waals surface area contributed by atoms with E-state index in [-0.39, 0.29) is 13.0 Å². The lowest BCUT2D eigenvalue weighted by molar-refractivity contribution is -0.158. The van der Waals surface area contributed by atoms with E-state index in [1.54, 1.807) is 0 Å². The Kier molecular flexibility index (Phi) is 3.21. The van der Waals surface area contributed by atoms with Crippen molar-refractivity contribution in [2.24, 2.45) is 0 Å². The second kappa shape index (κ2) is 4.08. The fourth-order valence-electron chi connectivity index (χ4n) is 1.49. The first kappa shape index (κ1) is 11.8. The summed E-state index contributed by atoms with van der Waals surface area (Å²) >= 11 is 0. The van der Waals surface area contributed by atoms with Crippen molar-refractivity contribution in [3.05, 3.63) is 0 Å². The number of nitrogens with one attached hydrogen (secondary N) is 1. The Bertz CT molecular complexity index is 278. The van der Waals surface area contributed by atoms with E-state index in [0.717, 1.165) is 0 Å². The van der Waals surface area contributed by atoms with Crippen LogP contribution in [0.2, 0.25) is 0 Å². The molecular weight excluding hydrogens is 213 g/mol. The van der Waals surface area contributed by atoms with Crippen molar-refractivity contribution in [1.82, 2.24) is 10.2 Å². The third-order valence-corrected chi connectivity index (χ3v) is 2.05. The van der Waals surface area contributed by atoms with Gasteiger partial charge < -0.3 is 10.2 Å². The van der Waals surface area contributed by atoms with Gasteiger partial charge in [0.15, 0.2) is 0 Å². The van der Waals surface area contributed by atoms with Crippen LogP contribution in [0.3, 0.4) is 0 Å². The number of rotatable bonds is 2. The van der Waals surface area contributed by atoms with Gasteiger partial charge in [0.25, 0.3) is 0 Å². The standard InChI is InChI=1S/C8H11F3N2O2/c1-5(14)12-6-2-3-13(7(6)15)4-8(9,10)11/h6H,2-4H2,1H3,(H,12,14)/t6-/m0/s1. The van der Waals surface area contributed by atoms with Crippen LogP contribution >= 0.6 is 0 Å². The molecule has 4 nitrogen and oxygen atoms in total. The molecule has 1 atom stereocenters. The molecule has 1 fully saturated rings. The summed E-state index contributed by atoms with van der Waals surface area (Å²) in [7, 11) is 0. The van der Waals surface area contributed by atoms with Crippen LogP contribution in [-0.2, 0) is 9.59 Å². The van der Waals surface area contributed by atoms with Gasteiger partial charge in [0, 0.05) is 13.5 Å². The van der Waals surface area contributed by atoms with Gasteiger partial charge in [-0.05, 0) is 6.42 Å². The summed E-state index contributed by atoms with van der Waals surface area (Å²) in [5.41, 5.74) is 0. The van der Waals surface area contributed by atoms with Crippen LogP contribution < -0.4 is 5.32 Å². The van der Waals surface area contributed by atoms with Gasteiger partial charge in [-0.25, -0.2) is 0 Å². The monoisotopic (exact) mass is 224 g/mol. The molecule has 0 saturated carbocycles. The van der Waals surface area contributed by atoms with E-state index in [9.17, 15) is 22.8 Å². The second-order valence-corrected chi connectivity index (χ2v) is 3.42. The smallest absolute Gasteiger partial charge is 0.344 e. The molecule has 0 aliphatic carbocycles. The lowest BCUT2D eigenvalue weighted by atomic mass is 10.2. The largest absolute Gasteiger partial charge is 0.406 e. The van der Waals surface area contributed by atoms with Gasteiger partial charge in [-0.15, -0.1) is 0 Å². The first-order chi connectivity index (χ1) is 6.79. The summed E-state index contributed by atoms with van der Waals surface area (Å²) in [6.45, 7) is 0.00487. The van der Waals surface area contributed by atoms with Gasteiger partial charge in [0.2, 0.25) is 11.8 Å². The average molecular weight is 224 g/mol. The quantitative estimate of drug-likeness (QED) is 0.732. The van der Waals surface area contributed by atoms with E-state index < -0.39 is 30.6 Å². The number of hydrogen-bond donors (Lipinski definition) is 1. The molecule has 0 aromatic rings. The molecule has 86 valence electrons. The van der Waals surface area contributed by atoms with Gasteiger partial charge in [-0.2, -0.15) is 13.2 Å². The number of carbonyl (C=O) groups excluding carboxylic acids is 2. The molecule has 1 rings (SSSR count). The van der Waals surface area contributed by atoms with E-state index >= 15 is 0 Å². The Labute approximate surface area is 84.4 Å². The summed E-state index contributed by atoms with van der Waals surface area (Å²) < 4.78 is 36.0. The number of halogens is 3. The first-order valence-electron chi connectivity index (χ1n) is 4.42. The zero-order valence-electron chi connectivity index (χ0n) is 8.10. The minimum atomic E-state index is -4.39. The minimum Gasteiger partial charge on any atom is -0.344 e. The molecular formula is C8H11F3N2O2. The highest BCUT2D eigenvalue weighted by Crippen LogP contribution is 2.20. The maximum Gasteiger partial charge on any atom is 0.406 e. The highest BCUT2D eigenvalue weighted by Gasteiger charge is 2.39. The normalized spacial score (nSPS) is 22.0. The maximum atomic E-state index is 12.0. The van der Waals surface area contributed by atoms with Gasteiger partial charge >= 0.3 is 6.18 Å². The molecule has 0 aromatic heterocycles. The highest BCUT2D eigenvalue weighted by atomic mass is 19.4. The number of nitrogens with zero attached hydrogens (tertiary/aromatic N) is 1. The number of likely N-dealkylation sites (tertiary alicyclic amines) is 1. The molecule has 1 heterocycles. The number of hydrogen-bond acceptors (Lipinski definition) is 2. The topological polar surface area (TPSA) is 49.4 Å². The predicted molar refractivity (Wildman–Crippen MR) is 44.9 cm³/mol. The van der Waals surface area contributed by atoms with Crippen molar-refractivity contribution in [1.29, 1.82) is 0 Å². The Hall–Kier alpha value is -1.27. The highest BCUT2D eigenvalue weighted by molar-refractivity contribution is 5.88. The van der Waals surface area contributed by atoms with E-state index in [1.165, 1.54) is 6.92 Å². The van der Waals surface area contributed by atoms with Gasteiger partial charge in [-0.1, -0.05) is 0 Å². The zero-order chi connectivity index (χ0) is 11.6. The summed E-state index contributed by atoms with van der Waals surface area (Å²) in [5, 5.41) is 2.31. The molecule has 0 unspecified atom stereocenters. The third kappa shape index (κ3) is 3.41. The van der Waals surface area contributed by atoms with E-state index in [2.05, 4.69) is 5.32 Å². The molecule has 15 heavy (non-hydrogen) atoms. The van der Waals surface area contributed by atoms with Crippen LogP contribution in [0.25, 0.3) is 0 Å². The van der Waals surface area contributed by atoms with E-state index in [4.69, 9.17) is 0 Å². The zero-order valence-corrected chi connectivity index (χ0v) is 8.10. The predicted octanol–water partition coefficient (Wildman–Crippen LogP) is 0.286. The summed E-state index contributed by atoms with van der Waals surface area (Å²) in [6, 6.07) is -0.801. The second-order valence-electron chi connectivity index (χ2n) is 3.42. The van der Waals surface area contributed by atoms with Crippen LogP contribution in [-0.4, -0.2) is 42.0 Å². The molecule has 1 aliphatic rings. The number of amides is 2. The van der Waals surface area contributed by atoms with Crippen LogP contribution in [0.1, 0.15) is 13.3 Å². The summed E-state index contributed by atoms with van der Waals surface area (Å²) in [6.07, 6.45) is -4.16. The van der Waals surface area contributed by atoms with Crippen molar-refractivity contribution in [2.45, 2.75) is 25.6 Å². The molecule has 0 aromatic carbocycles. The Morgan fingerprint density at radius 3 is 2.67 bits per heavy atom. The fraction of sp³-hybridized carbons (Fsp3) is 0.750. The summed E-state index contributed by atoms with van der Waals surface area (Å²) in [5.74, 6) is -1.08. The van der Waals surface area contributed by atoms with Crippen LogP contribution in [0.4, 0.5) is 13.2 Å². The lowest BCUT2D eigenvalue weighted by Gasteiger charge is -2.18. The van der Waals surface area contributed by atoms with Gasteiger partial charge in [-0.3, -0.25) is 9.59 Å². The summed E-state index contributed by atoms with van der Waals surface area (Å²) in [4.78, 5) is 22.7. The van der Waals surface area contributed by atoms with Crippen molar-refractivity contribution < 1.29 is 22.8 Å². The van der Waals surface area contributed by atoms with Crippen LogP contribution in [0, 0.1) is 0 Å². The lowest BCUT2D eigenvalue weighted by Crippen LogP contribution is -2.43. The van der Waals surface area contributed by atoms with Crippen molar-refractivity contribution in [3.8, 4) is 0 Å². The van der Waals surface area contributed by atoms with Crippen LogP contribution in [0.15, 0.2) is 0 Å². The van der Waals surface area contributed by atoms with Gasteiger partial charge in [0.1, 0.15) is 12.6 Å². The van der Waals surface area contributed by atoms with Crippen molar-refractivity contribution in [3.63, 3.8) is 0 Å². The molecule has 2 amide bonds. The minimum absolute atomic E-state index is 0.0310. The van der Waals surface area contributed by atoms with Crippen molar-refractivity contribution >= 4 is 11.8 Å². The Balaban J connectivity index is 2.53. The molecule has 0 spiro atoms.